The third-order valence-electron chi connectivity index (χ3n) is 7.31. The molecule has 0 radical (unpaired) electrons. The molecule has 1 heterocycles. The van der Waals surface area contributed by atoms with Gasteiger partial charge in [0.05, 0.1) is 29.9 Å². The fourth-order valence-corrected chi connectivity index (χ4v) is 4.90. The Balaban J connectivity index is 1.16. The first-order valence-corrected chi connectivity index (χ1v) is 14.9. The minimum absolute atomic E-state index is 0.0986. The van der Waals surface area contributed by atoms with E-state index in [-0.39, 0.29) is 24.3 Å². The number of hydrogen-bond donors (Lipinski definition) is 2. The molecule has 11 heteroatoms. The van der Waals surface area contributed by atoms with Gasteiger partial charge in [-0.2, -0.15) is 5.26 Å². The predicted octanol–water partition coefficient (Wildman–Crippen LogP) is 5.12. The highest BCUT2D eigenvalue weighted by Crippen LogP contribution is 2.35. The summed E-state index contributed by atoms with van der Waals surface area (Å²) in [5.41, 5.74) is 6.57. The molecule has 2 aliphatic rings. The van der Waals surface area contributed by atoms with Gasteiger partial charge in [0.15, 0.2) is 0 Å². The summed E-state index contributed by atoms with van der Waals surface area (Å²) in [6.07, 6.45) is 3.26. The van der Waals surface area contributed by atoms with Crippen LogP contribution in [-0.4, -0.2) is 60.3 Å². The van der Waals surface area contributed by atoms with Crippen molar-refractivity contribution >= 4 is 29.5 Å². The van der Waals surface area contributed by atoms with Gasteiger partial charge in [0.1, 0.15) is 22.6 Å². The first-order chi connectivity index (χ1) is 20.4. The number of rotatable bonds is 13. The quantitative estimate of drug-likeness (QED) is 0.300. The molecule has 2 aromatic rings. The number of carbonyl (C=O) groups is 3. The van der Waals surface area contributed by atoms with Crippen LogP contribution in [0.2, 0.25) is 5.02 Å². The van der Waals surface area contributed by atoms with Crippen molar-refractivity contribution in [1.29, 1.82) is 5.26 Å². The zero-order valence-corrected chi connectivity index (χ0v) is 25.7. The summed E-state index contributed by atoms with van der Waals surface area (Å²) < 4.78 is 17.1. The largest absolute Gasteiger partial charge is 0.493 e. The summed E-state index contributed by atoms with van der Waals surface area (Å²) >= 11 is 6.39. The molecule has 0 atom stereocenters. The number of amides is 3. The average molecular weight is 611 g/mol. The number of halogens is 1. The SMILES string of the molecule is CC(C)(C)OC(=O)N1CC(c2ccc(OCCCCOc3ccc(CCC(=O)NC4(C#N)CC4)cc3Cl)c(C(N)=O)c2)C1. The van der Waals surface area contributed by atoms with E-state index >= 15 is 0 Å². The lowest BCUT2D eigenvalue weighted by atomic mass is 9.90. The molecule has 0 aromatic heterocycles. The number of nitriles is 1. The molecule has 2 aromatic carbocycles. The van der Waals surface area contributed by atoms with E-state index in [1.807, 2.05) is 32.9 Å². The van der Waals surface area contributed by atoms with Crippen LogP contribution in [0.15, 0.2) is 36.4 Å². The van der Waals surface area contributed by atoms with Gasteiger partial charge in [0, 0.05) is 25.4 Å². The highest BCUT2D eigenvalue weighted by molar-refractivity contribution is 6.32. The molecule has 1 saturated heterocycles. The van der Waals surface area contributed by atoms with E-state index in [4.69, 9.17) is 36.8 Å². The summed E-state index contributed by atoms with van der Waals surface area (Å²) in [6, 6.07) is 13.0. The number of nitrogens with zero attached hydrogens (tertiary/aromatic N) is 2. The molecule has 3 amide bonds. The van der Waals surface area contributed by atoms with Crippen LogP contribution in [0, 0.1) is 11.3 Å². The Kier molecular flexibility index (Phi) is 10.1. The molecule has 230 valence electrons. The first kappa shape index (κ1) is 32.0. The van der Waals surface area contributed by atoms with Crippen molar-refractivity contribution in [2.45, 2.75) is 76.4 Å². The summed E-state index contributed by atoms with van der Waals surface area (Å²) in [4.78, 5) is 38.1. The van der Waals surface area contributed by atoms with Crippen molar-refractivity contribution in [2.75, 3.05) is 26.3 Å². The average Bonchev–Trinajstić information content (AvgIpc) is 3.68. The van der Waals surface area contributed by atoms with Crippen LogP contribution in [0.3, 0.4) is 0 Å². The third-order valence-corrected chi connectivity index (χ3v) is 7.60. The van der Waals surface area contributed by atoms with Crippen LogP contribution in [0.1, 0.15) is 80.3 Å². The summed E-state index contributed by atoms with van der Waals surface area (Å²) in [7, 11) is 0. The van der Waals surface area contributed by atoms with Crippen LogP contribution in [0.25, 0.3) is 0 Å². The standard InChI is InChI=1S/C32H39ClN4O6/c1-31(2,3)43-30(40)37-18-23(19-37)22-8-10-26(24(17-22)29(35)39)41-14-4-5-15-42-27-9-6-21(16-25(27)33)7-11-28(38)36-32(20-34)12-13-32/h6,8-10,16-17,23H,4-5,7,11-15,18-19H2,1-3H3,(H2,35,39)(H,36,38). The maximum absolute atomic E-state index is 12.2. The fourth-order valence-electron chi connectivity index (χ4n) is 4.65. The molecular formula is C32H39ClN4O6. The maximum Gasteiger partial charge on any atom is 0.410 e. The Morgan fingerprint density at radius 3 is 2.30 bits per heavy atom. The van der Waals surface area contributed by atoms with Crippen molar-refractivity contribution in [3.8, 4) is 17.6 Å². The molecule has 4 rings (SSSR count). The second kappa shape index (κ2) is 13.6. The monoisotopic (exact) mass is 610 g/mol. The lowest BCUT2D eigenvalue weighted by Crippen LogP contribution is -2.50. The number of unbranched alkanes of at least 4 members (excludes halogenated alkanes) is 1. The van der Waals surface area contributed by atoms with Crippen LogP contribution < -0.4 is 20.5 Å². The van der Waals surface area contributed by atoms with Crippen LogP contribution in [0.5, 0.6) is 11.5 Å². The van der Waals surface area contributed by atoms with E-state index in [0.717, 1.165) is 11.1 Å². The van der Waals surface area contributed by atoms with Crippen molar-refractivity contribution < 1.29 is 28.6 Å². The number of ether oxygens (including phenoxy) is 3. The number of nitrogens with one attached hydrogen (secondary N) is 1. The van der Waals surface area contributed by atoms with Gasteiger partial charge in [-0.3, -0.25) is 9.59 Å². The molecule has 1 aliphatic carbocycles. The van der Waals surface area contributed by atoms with Crippen molar-refractivity contribution in [3.63, 3.8) is 0 Å². The van der Waals surface area contributed by atoms with Gasteiger partial charge in [0.2, 0.25) is 5.91 Å². The van der Waals surface area contributed by atoms with E-state index in [1.54, 1.807) is 29.2 Å². The molecule has 3 N–H and O–H groups in total. The fraction of sp³-hybridized carbons (Fsp3) is 0.500. The maximum atomic E-state index is 12.2. The third kappa shape index (κ3) is 9.01. The van der Waals surface area contributed by atoms with Gasteiger partial charge in [-0.25, -0.2) is 4.79 Å². The zero-order chi connectivity index (χ0) is 31.2. The number of aryl methyl sites for hydroxylation is 1. The van der Waals surface area contributed by atoms with Crippen molar-refractivity contribution in [1.82, 2.24) is 10.2 Å². The molecule has 0 bridgehead atoms. The highest BCUT2D eigenvalue weighted by atomic mass is 35.5. The molecule has 0 unspecified atom stereocenters. The molecule has 0 spiro atoms. The van der Waals surface area contributed by atoms with Crippen LogP contribution in [0.4, 0.5) is 4.79 Å². The number of carbonyl (C=O) groups excluding carboxylic acids is 3. The lowest BCUT2D eigenvalue weighted by Gasteiger charge is -2.40. The smallest absolute Gasteiger partial charge is 0.410 e. The normalized spacial score (nSPS) is 15.6. The van der Waals surface area contributed by atoms with Gasteiger partial charge >= 0.3 is 6.09 Å². The van der Waals surface area contributed by atoms with Gasteiger partial charge in [0.25, 0.3) is 5.91 Å². The summed E-state index contributed by atoms with van der Waals surface area (Å²) in [5.74, 6) is 0.372. The predicted molar refractivity (Wildman–Crippen MR) is 161 cm³/mol. The number of likely N-dealkylation sites (tertiary alicyclic amines) is 1. The van der Waals surface area contributed by atoms with E-state index in [9.17, 15) is 14.4 Å². The van der Waals surface area contributed by atoms with Gasteiger partial charge < -0.3 is 30.2 Å². The Hall–Kier alpha value is -3.97. The van der Waals surface area contributed by atoms with Gasteiger partial charge in [-0.1, -0.05) is 23.7 Å². The Labute approximate surface area is 257 Å². The second-order valence-corrected chi connectivity index (χ2v) is 12.5. The van der Waals surface area contributed by atoms with Crippen molar-refractivity contribution in [3.05, 3.63) is 58.1 Å². The van der Waals surface area contributed by atoms with Crippen LogP contribution >= 0.6 is 11.6 Å². The number of benzene rings is 2. The summed E-state index contributed by atoms with van der Waals surface area (Å²) in [6.45, 7) is 7.33. The molecule has 1 saturated carbocycles. The Morgan fingerprint density at radius 2 is 1.72 bits per heavy atom. The second-order valence-electron chi connectivity index (χ2n) is 12.1. The zero-order valence-electron chi connectivity index (χ0n) is 24.9. The molecular weight excluding hydrogens is 572 g/mol. The molecule has 10 nitrogen and oxygen atoms in total. The van der Waals surface area contributed by atoms with Crippen molar-refractivity contribution in [2.24, 2.45) is 5.73 Å². The Morgan fingerprint density at radius 1 is 1.07 bits per heavy atom. The minimum atomic E-state index is -0.656. The molecule has 1 aliphatic heterocycles. The van der Waals surface area contributed by atoms with Gasteiger partial charge in [-0.05, 0) is 88.3 Å². The highest BCUT2D eigenvalue weighted by Gasteiger charge is 2.44. The Bertz CT molecular complexity index is 1390. The molecule has 2 fully saturated rings. The molecule has 43 heavy (non-hydrogen) atoms. The minimum Gasteiger partial charge on any atom is -0.493 e. The van der Waals surface area contributed by atoms with E-state index in [2.05, 4.69) is 11.4 Å². The van der Waals surface area contributed by atoms with Crippen LogP contribution in [-0.2, 0) is 16.0 Å². The van der Waals surface area contributed by atoms with Gasteiger partial charge in [-0.15, -0.1) is 0 Å². The lowest BCUT2D eigenvalue weighted by molar-refractivity contribution is -0.121. The first-order valence-electron chi connectivity index (χ1n) is 14.6. The summed E-state index contributed by atoms with van der Waals surface area (Å²) in [5, 5.41) is 12.4. The van der Waals surface area contributed by atoms with E-state index in [0.29, 0.717) is 80.5 Å². The topological polar surface area (TPSA) is 144 Å². The van der Waals surface area contributed by atoms with E-state index < -0.39 is 17.0 Å². The van der Waals surface area contributed by atoms with E-state index in [1.165, 1.54) is 0 Å². The number of nitrogens with two attached hydrogens (primary N) is 1. The number of hydrogen-bond acceptors (Lipinski definition) is 7. The number of primary amides is 1.